The van der Waals surface area contributed by atoms with Gasteiger partial charge in [0.1, 0.15) is 0 Å². The van der Waals surface area contributed by atoms with E-state index in [1.165, 1.54) is 0 Å². The molecule has 0 aromatic carbocycles. The third-order valence-electron chi connectivity index (χ3n) is 2.16. The summed E-state index contributed by atoms with van der Waals surface area (Å²) in [5, 5.41) is 3.36. The van der Waals surface area contributed by atoms with Gasteiger partial charge >= 0.3 is 5.97 Å². The Morgan fingerprint density at radius 1 is 1.60 bits per heavy atom. The summed E-state index contributed by atoms with van der Waals surface area (Å²) >= 11 is 0. The second kappa shape index (κ2) is 9.71. The van der Waals surface area contributed by atoms with Gasteiger partial charge < -0.3 is 10.1 Å². The van der Waals surface area contributed by atoms with E-state index in [1.54, 1.807) is 0 Å². The summed E-state index contributed by atoms with van der Waals surface area (Å²) in [5.41, 5.74) is 0. The van der Waals surface area contributed by atoms with E-state index in [-0.39, 0.29) is 5.97 Å². The van der Waals surface area contributed by atoms with E-state index in [4.69, 9.17) is 4.74 Å². The SMILES string of the molecule is C=CCCC(C)NCCCC(=O)OCC. The number of esters is 1. The van der Waals surface area contributed by atoms with Crippen LogP contribution < -0.4 is 5.32 Å². The van der Waals surface area contributed by atoms with Crippen LogP contribution in [0.2, 0.25) is 0 Å². The molecule has 0 spiro atoms. The molecule has 0 aromatic heterocycles. The first kappa shape index (κ1) is 14.2. The lowest BCUT2D eigenvalue weighted by Crippen LogP contribution is -2.27. The van der Waals surface area contributed by atoms with E-state index in [9.17, 15) is 4.79 Å². The Morgan fingerprint density at radius 2 is 2.33 bits per heavy atom. The largest absolute Gasteiger partial charge is 0.466 e. The molecule has 0 aliphatic rings. The normalized spacial score (nSPS) is 12.1. The number of carbonyl (C=O) groups excluding carboxylic acids is 1. The average molecular weight is 213 g/mol. The molecule has 0 aliphatic heterocycles. The second-order valence-electron chi connectivity index (χ2n) is 3.63. The zero-order valence-electron chi connectivity index (χ0n) is 9.92. The van der Waals surface area contributed by atoms with Crippen LogP contribution in [0.5, 0.6) is 0 Å². The predicted octanol–water partition coefficient (Wildman–Crippen LogP) is 2.27. The van der Waals surface area contributed by atoms with Crippen molar-refractivity contribution in [2.24, 2.45) is 0 Å². The van der Waals surface area contributed by atoms with Crippen LogP contribution in [0.4, 0.5) is 0 Å². The van der Waals surface area contributed by atoms with Crippen LogP contribution in [0.3, 0.4) is 0 Å². The van der Waals surface area contributed by atoms with Crippen LogP contribution in [0, 0.1) is 0 Å². The van der Waals surface area contributed by atoms with E-state index in [0.717, 1.165) is 25.8 Å². The summed E-state index contributed by atoms with van der Waals surface area (Å²) in [6.45, 7) is 9.00. The monoisotopic (exact) mass is 213 g/mol. The maximum atomic E-state index is 11.0. The van der Waals surface area contributed by atoms with Crippen molar-refractivity contribution >= 4 is 5.97 Å². The Hall–Kier alpha value is -0.830. The average Bonchev–Trinajstić information content (AvgIpc) is 2.22. The van der Waals surface area contributed by atoms with Gasteiger partial charge in [0.05, 0.1) is 6.61 Å². The van der Waals surface area contributed by atoms with Crippen molar-refractivity contribution < 1.29 is 9.53 Å². The summed E-state index contributed by atoms with van der Waals surface area (Å²) in [6, 6.07) is 0.491. The number of rotatable bonds is 9. The van der Waals surface area contributed by atoms with Crippen molar-refractivity contribution in [3.05, 3.63) is 12.7 Å². The maximum absolute atomic E-state index is 11.0. The van der Waals surface area contributed by atoms with E-state index >= 15 is 0 Å². The summed E-state index contributed by atoms with van der Waals surface area (Å²) in [6.07, 6.45) is 5.41. The zero-order valence-corrected chi connectivity index (χ0v) is 9.92. The Morgan fingerprint density at radius 3 is 2.93 bits per heavy atom. The minimum atomic E-state index is -0.0990. The fraction of sp³-hybridized carbons (Fsp3) is 0.750. The van der Waals surface area contributed by atoms with Crippen molar-refractivity contribution in [3.63, 3.8) is 0 Å². The highest BCUT2D eigenvalue weighted by molar-refractivity contribution is 5.69. The Bertz CT molecular complexity index is 180. The molecule has 0 bridgehead atoms. The Labute approximate surface area is 92.9 Å². The van der Waals surface area contributed by atoms with Crippen LogP contribution in [0.25, 0.3) is 0 Å². The molecule has 0 radical (unpaired) electrons. The van der Waals surface area contributed by atoms with Gasteiger partial charge in [-0.15, -0.1) is 6.58 Å². The van der Waals surface area contributed by atoms with Crippen LogP contribution in [-0.4, -0.2) is 25.2 Å². The molecule has 0 fully saturated rings. The highest BCUT2D eigenvalue weighted by Gasteiger charge is 2.02. The lowest BCUT2D eigenvalue weighted by atomic mass is 10.2. The molecule has 88 valence electrons. The molecule has 0 saturated carbocycles. The van der Waals surface area contributed by atoms with E-state index in [2.05, 4.69) is 18.8 Å². The topological polar surface area (TPSA) is 38.3 Å². The Balaban J connectivity index is 3.29. The number of hydrogen-bond acceptors (Lipinski definition) is 3. The number of hydrogen-bond donors (Lipinski definition) is 1. The lowest BCUT2D eigenvalue weighted by Gasteiger charge is -2.12. The first-order valence-corrected chi connectivity index (χ1v) is 5.70. The van der Waals surface area contributed by atoms with Gasteiger partial charge in [-0.1, -0.05) is 6.08 Å². The van der Waals surface area contributed by atoms with Crippen molar-refractivity contribution in [1.82, 2.24) is 5.32 Å². The van der Waals surface area contributed by atoms with Gasteiger partial charge in [-0.3, -0.25) is 4.79 Å². The Kier molecular flexibility index (Phi) is 9.18. The first-order chi connectivity index (χ1) is 7.20. The fourth-order valence-corrected chi connectivity index (χ4v) is 1.28. The molecule has 0 aliphatic carbocycles. The third kappa shape index (κ3) is 9.47. The molecule has 15 heavy (non-hydrogen) atoms. The molecular weight excluding hydrogens is 190 g/mol. The number of ether oxygens (including phenoxy) is 1. The molecule has 1 N–H and O–H groups in total. The van der Waals surface area contributed by atoms with E-state index in [0.29, 0.717) is 19.1 Å². The van der Waals surface area contributed by atoms with Crippen LogP contribution >= 0.6 is 0 Å². The molecule has 3 nitrogen and oxygen atoms in total. The number of nitrogens with one attached hydrogen (secondary N) is 1. The van der Waals surface area contributed by atoms with Gasteiger partial charge in [-0.2, -0.15) is 0 Å². The molecule has 0 amide bonds. The maximum Gasteiger partial charge on any atom is 0.305 e. The molecule has 0 saturated heterocycles. The summed E-state index contributed by atoms with van der Waals surface area (Å²) < 4.78 is 4.83. The van der Waals surface area contributed by atoms with Gasteiger partial charge in [0.2, 0.25) is 0 Å². The minimum Gasteiger partial charge on any atom is -0.466 e. The molecule has 0 aromatic rings. The van der Waals surface area contributed by atoms with Crippen molar-refractivity contribution in [2.45, 2.75) is 45.6 Å². The van der Waals surface area contributed by atoms with Gasteiger partial charge in [0.15, 0.2) is 0 Å². The number of carbonyl (C=O) groups is 1. The standard InChI is InChI=1S/C12H23NO2/c1-4-6-8-11(3)13-10-7-9-12(14)15-5-2/h4,11,13H,1,5-10H2,2-3H3. The summed E-state index contributed by atoms with van der Waals surface area (Å²) in [7, 11) is 0. The highest BCUT2D eigenvalue weighted by Crippen LogP contribution is 1.97. The first-order valence-electron chi connectivity index (χ1n) is 5.70. The van der Waals surface area contributed by atoms with Crippen molar-refractivity contribution in [1.29, 1.82) is 0 Å². The molecule has 0 heterocycles. The molecule has 1 atom stereocenters. The summed E-state index contributed by atoms with van der Waals surface area (Å²) in [5.74, 6) is -0.0990. The van der Waals surface area contributed by atoms with Gasteiger partial charge in [-0.05, 0) is 39.7 Å². The molecule has 0 rings (SSSR count). The van der Waals surface area contributed by atoms with E-state index < -0.39 is 0 Å². The van der Waals surface area contributed by atoms with Crippen LogP contribution in [-0.2, 0) is 9.53 Å². The number of allylic oxidation sites excluding steroid dienone is 1. The molecular formula is C12H23NO2. The summed E-state index contributed by atoms with van der Waals surface area (Å²) in [4.78, 5) is 11.0. The lowest BCUT2D eigenvalue weighted by molar-refractivity contribution is -0.143. The van der Waals surface area contributed by atoms with Gasteiger partial charge in [0.25, 0.3) is 0 Å². The second-order valence-corrected chi connectivity index (χ2v) is 3.63. The van der Waals surface area contributed by atoms with Crippen molar-refractivity contribution in [2.75, 3.05) is 13.2 Å². The van der Waals surface area contributed by atoms with Crippen LogP contribution in [0.1, 0.15) is 39.5 Å². The predicted molar refractivity (Wildman–Crippen MR) is 62.8 cm³/mol. The zero-order chi connectivity index (χ0) is 11.5. The van der Waals surface area contributed by atoms with Crippen LogP contribution in [0.15, 0.2) is 12.7 Å². The van der Waals surface area contributed by atoms with E-state index in [1.807, 2.05) is 13.0 Å². The fourth-order valence-electron chi connectivity index (χ4n) is 1.28. The van der Waals surface area contributed by atoms with Gasteiger partial charge in [0, 0.05) is 12.5 Å². The molecule has 3 heteroatoms. The quantitative estimate of drug-likeness (QED) is 0.363. The third-order valence-corrected chi connectivity index (χ3v) is 2.16. The van der Waals surface area contributed by atoms with Crippen molar-refractivity contribution in [3.8, 4) is 0 Å². The highest BCUT2D eigenvalue weighted by atomic mass is 16.5. The van der Waals surface area contributed by atoms with Gasteiger partial charge in [-0.25, -0.2) is 0 Å². The smallest absolute Gasteiger partial charge is 0.305 e. The minimum absolute atomic E-state index is 0.0990. The molecule has 1 unspecified atom stereocenters.